The number of amides is 4. The number of allylic oxidation sites excluding steroid dienone is 1. The van der Waals surface area contributed by atoms with Crippen LogP contribution in [0.4, 0.5) is 19.3 Å². The molecule has 2 aliphatic carbocycles. The first-order valence-corrected chi connectivity index (χ1v) is 19.4. The number of sulfonamides is 1. The normalized spacial score (nSPS) is 29.0. The van der Waals surface area contributed by atoms with Gasteiger partial charge < -0.3 is 20.3 Å². The number of ether oxygens (including phenoxy) is 1. The van der Waals surface area contributed by atoms with Gasteiger partial charge in [-0.05, 0) is 69.2 Å². The van der Waals surface area contributed by atoms with Crippen LogP contribution in [0.2, 0.25) is 0 Å². The van der Waals surface area contributed by atoms with Gasteiger partial charge in [0, 0.05) is 24.4 Å². The molecule has 5 atom stereocenters. The summed E-state index contributed by atoms with van der Waals surface area (Å²) in [5.41, 5.74) is -0.398. The highest BCUT2D eigenvalue weighted by Gasteiger charge is 2.63. The van der Waals surface area contributed by atoms with E-state index in [-0.39, 0.29) is 38.2 Å². The van der Waals surface area contributed by atoms with E-state index in [0.29, 0.717) is 43.2 Å². The second-order valence-electron chi connectivity index (χ2n) is 14.9. The van der Waals surface area contributed by atoms with Crippen molar-refractivity contribution in [3.05, 3.63) is 77.4 Å². The van der Waals surface area contributed by atoms with Crippen LogP contribution >= 0.6 is 0 Å². The number of halogens is 2. The highest BCUT2D eigenvalue weighted by atomic mass is 32.2. The van der Waals surface area contributed by atoms with Gasteiger partial charge >= 0.3 is 6.09 Å². The summed E-state index contributed by atoms with van der Waals surface area (Å²) in [5.74, 6) is -3.52. The maximum Gasteiger partial charge on any atom is 0.410 e. The van der Waals surface area contributed by atoms with Gasteiger partial charge in [-0.25, -0.2) is 22.0 Å². The molecule has 3 aliphatic heterocycles. The molecule has 1 saturated heterocycles. The molecule has 0 bridgehead atoms. The Morgan fingerprint density at radius 2 is 1.77 bits per heavy atom. The van der Waals surface area contributed by atoms with Gasteiger partial charge in [0.2, 0.25) is 21.8 Å². The molecule has 2 aromatic carbocycles. The number of hydrogen-bond acceptors (Lipinski definition) is 8. The van der Waals surface area contributed by atoms with Crippen molar-refractivity contribution >= 4 is 39.5 Å². The molecule has 0 aromatic heterocycles. The summed E-state index contributed by atoms with van der Waals surface area (Å²) in [7, 11) is -4.01. The van der Waals surface area contributed by atoms with E-state index >= 15 is 0 Å². The Morgan fingerprint density at radius 3 is 2.52 bits per heavy atom. The second kappa shape index (κ2) is 13.8. The smallest absolute Gasteiger partial charge is 0.410 e. The lowest BCUT2D eigenvalue weighted by Crippen LogP contribution is -2.58. The van der Waals surface area contributed by atoms with Crippen molar-refractivity contribution in [1.29, 1.82) is 0 Å². The number of carbonyl (C=O) groups is 4. The zero-order valence-corrected chi connectivity index (χ0v) is 29.7. The monoisotopic (exact) mass is 739 g/mol. The fourth-order valence-corrected chi connectivity index (χ4v) is 8.75. The molecular weight excluding hydrogens is 696 g/mol. The van der Waals surface area contributed by atoms with Crippen molar-refractivity contribution in [3.8, 4) is 0 Å². The lowest BCUT2D eigenvalue weighted by Gasteiger charge is -2.30. The minimum Gasteiger partial charge on any atom is -0.444 e. The summed E-state index contributed by atoms with van der Waals surface area (Å²) in [4.78, 5) is 58.4. The summed E-state index contributed by atoms with van der Waals surface area (Å²) in [6.07, 6.45) is 6.09. The van der Waals surface area contributed by atoms with Crippen LogP contribution < -0.4 is 15.4 Å². The van der Waals surface area contributed by atoms with Crippen molar-refractivity contribution in [2.24, 2.45) is 5.92 Å². The van der Waals surface area contributed by atoms with Gasteiger partial charge in [-0.1, -0.05) is 49.3 Å². The summed E-state index contributed by atoms with van der Waals surface area (Å²) >= 11 is 0. The van der Waals surface area contributed by atoms with Crippen molar-refractivity contribution < 1.29 is 41.1 Å². The highest BCUT2D eigenvalue weighted by molar-refractivity contribution is 7.91. The maximum atomic E-state index is 14.8. The molecule has 3 fully saturated rings. The Morgan fingerprint density at radius 1 is 1.00 bits per heavy atom. The van der Waals surface area contributed by atoms with Gasteiger partial charge in [0.15, 0.2) is 0 Å². The van der Waals surface area contributed by atoms with Gasteiger partial charge in [-0.15, -0.1) is 0 Å². The molecule has 3 heterocycles. The average molecular weight is 740 g/mol. The molecule has 278 valence electrons. The molecule has 0 radical (unpaired) electrons. The summed E-state index contributed by atoms with van der Waals surface area (Å²) in [6.45, 7) is 1.53. The molecular formula is C37H43F2N5O7S. The minimum atomic E-state index is -4.01. The lowest BCUT2D eigenvalue weighted by molar-refractivity contribution is -0.140. The number of benzene rings is 2. The fourth-order valence-electron chi connectivity index (χ4n) is 7.44. The van der Waals surface area contributed by atoms with Crippen LogP contribution in [-0.2, 0) is 42.2 Å². The average Bonchev–Trinajstić information content (AvgIpc) is 3.90. The zero-order valence-electron chi connectivity index (χ0n) is 28.9. The fraction of sp³-hybridized carbons (Fsp3) is 0.514. The Labute approximate surface area is 301 Å². The van der Waals surface area contributed by atoms with Gasteiger partial charge in [0.25, 0.3) is 5.91 Å². The molecule has 2 saturated carbocycles. The zero-order chi connectivity index (χ0) is 36.8. The number of anilines is 1. The Bertz CT molecular complexity index is 1920. The van der Waals surface area contributed by atoms with Crippen molar-refractivity contribution in [1.82, 2.24) is 19.8 Å². The molecule has 3 N–H and O–H groups in total. The van der Waals surface area contributed by atoms with Crippen LogP contribution in [0.5, 0.6) is 0 Å². The molecule has 15 heteroatoms. The van der Waals surface area contributed by atoms with E-state index in [0.717, 1.165) is 12.8 Å². The number of rotatable bonds is 6. The largest absolute Gasteiger partial charge is 0.444 e. The number of fused-ring (bicyclic) bond motifs is 3. The number of nitrogens with one attached hydrogen (secondary N) is 3. The maximum absolute atomic E-state index is 14.8. The number of para-hydroxylation sites is 1. The summed E-state index contributed by atoms with van der Waals surface area (Å²) in [5, 5.41) is 5.84. The third-order valence-electron chi connectivity index (χ3n) is 11.1. The molecule has 7 rings (SSSR count). The SMILES string of the molecule is CC1(S(=O)(=O)NC(=O)[C@@]23C[C@H]2/C=C\CCCCC[C@H](Nc2ccccc2F)C(=O)N2C[C@H](OC(=O)N4Cc5cccc(F)c5C4)C[C@H]2C(=O)N3)CC1. The quantitative estimate of drug-likeness (QED) is 0.372. The molecule has 4 amide bonds. The van der Waals surface area contributed by atoms with E-state index in [1.165, 1.54) is 34.1 Å². The molecule has 2 aromatic rings. The van der Waals surface area contributed by atoms with Gasteiger partial charge in [0.05, 0.1) is 23.5 Å². The minimum absolute atomic E-state index is 0.00322. The van der Waals surface area contributed by atoms with Crippen LogP contribution in [0.25, 0.3) is 0 Å². The van der Waals surface area contributed by atoms with E-state index in [1.54, 1.807) is 25.1 Å². The molecule has 5 aliphatic rings. The molecule has 0 spiro atoms. The van der Waals surface area contributed by atoms with E-state index < -0.39 is 79.9 Å². The van der Waals surface area contributed by atoms with E-state index in [4.69, 9.17) is 4.74 Å². The Kier molecular flexibility index (Phi) is 9.51. The molecule has 52 heavy (non-hydrogen) atoms. The van der Waals surface area contributed by atoms with E-state index in [1.807, 2.05) is 12.2 Å². The van der Waals surface area contributed by atoms with Crippen LogP contribution in [0.3, 0.4) is 0 Å². The first kappa shape index (κ1) is 35.9. The van der Waals surface area contributed by atoms with Crippen molar-refractivity contribution in [3.63, 3.8) is 0 Å². The second-order valence-corrected chi connectivity index (χ2v) is 17.1. The van der Waals surface area contributed by atoms with Gasteiger partial charge in [-0.2, -0.15) is 0 Å². The lowest BCUT2D eigenvalue weighted by atomic mass is 10.0. The highest BCUT2D eigenvalue weighted by Crippen LogP contribution is 2.47. The van der Waals surface area contributed by atoms with Crippen LogP contribution in [0.15, 0.2) is 54.6 Å². The number of carbonyl (C=O) groups excluding carboxylic acids is 4. The van der Waals surface area contributed by atoms with Crippen LogP contribution in [0, 0.1) is 17.6 Å². The first-order valence-electron chi connectivity index (χ1n) is 17.9. The predicted octanol–water partition coefficient (Wildman–Crippen LogP) is 4.26. The van der Waals surface area contributed by atoms with E-state index in [2.05, 4.69) is 15.4 Å². The van der Waals surface area contributed by atoms with E-state index in [9.17, 15) is 36.4 Å². The van der Waals surface area contributed by atoms with Crippen molar-refractivity contribution in [2.75, 3.05) is 11.9 Å². The number of nitrogens with zero attached hydrogens (tertiary/aromatic N) is 2. The molecule has 0 unspecified atom stereocenters. The van der Waals surface area contributed by atoms with Gasteiger partial charge in [0.1, 0.15) is 35.4 Å². The topological polar surface area (TPSA) is 154 Å². The predicted molar refractivity (Wildman–Crippen MR) is 186 cm³/mol. The standard InChI is InChI=1S/C37H43F2N5O7S/c1-36(16-17-36)52(49,50)42-34(47)37-19-24(37)11-5-3-2-4-6-15-30(40-29-14-8-7-12-28(29)39)33(46)44-21-25(18-31(44)32(45)41-37)51-35(48)43-20-23-10-9-13-27(38)26(23)22-43/h5,7-14,24-25,30-31,40H,2-4,6,15-22H2,1H3,(H,41,45)(H,42,47)/b11-5-/t24-,25-,30+,31+,37-/m1/s1. The Hall–Kier alpha value is -4.53. The number of hydrogen-bond donors (Lipinski definition) is 3. The molecule has 12 nitrogen and oxygen atoms in total. The van der Waals surface area contributed by atoms with Crippen molar-refractivity contribution in [2.45, 2.75) is 106 Å². The third kappa shape index (κ3) is 6.98. The van der Waals surface area contributed by atoms with Gasteiger partial charge in [-0.3, -0.25) is 24.0 Å². The Balaban J connectivity index is 1.16. The first-order chi connectivity index (χ1) is 24.8. The third-order valence-corrected chi connectivity index (χ3v) is 13.3. The summed E-state index contributed by atoms with van der Waals surface area (Å²) in [6, 6.07) is 8.44. The van der Waals surface area contributed by atoms with Crippen LogP contribution in [0.1, 0.15) is 75.8 Å². The summed E-state index contributed by atoms with van der Waals surface area (Å²) < 4.78 is 62.4. The van der Waals surface area contributed by atoms with Crippen LogP contribution in [-0.4, -0.2) is 77.1 Å².